The van der Waals surface area contributed by atoms with E-state index in [1.807, 2.05) is 48.5 Å². The van der Waals surface area contributed by atoms with E-state index >= 15 is 0 Å². The number of hydrogen-bond donors (Lipinski definition) is 2. The molecule has 134 valence electrons. The fourth-order valence-electron chi connectivity index (χ4n) is 3.22. The topological polar surface area (TPSA) is 71.2 Å². The highest BCUT2D eigenvalue weighted by atomic mass is 16.5. The van der Waals surface area contributed by atoms with Gasteiger partial charge in [-0.1, -0.05) is 36.4 Å². The summed E-state index contributed by atoms with van der Waals surface area (Å²) in [6.07, 6.45) is 0. The predicted octanol–water partition coefficient (Wildman–Crippen LogP) is 4.08. The Bertz CT molecular complexity index is 1210. The number of fused-ring (bicyclic) bond motifs is 2. The van der Waals surface area contributed by atoms with Crippen LogP contribution in [0.4, 0.5) is 5.69 Å². The molecule has 0 unspecified atom stereocenters. The van der Waals surface area contributed by atoms with Crippen molar-refractivity contribution < 1.29 is 9.53 Å². The summed E-state index contributed by atoms with van der Waals surface area (Å²) in [5.74, 6) is -0.199. The van der Waals surface area contributed by atoms with Gasteiger partial charge in [-0.3, -0.25) is 9.59 Å². The maximum Gasteiger partial charge on any atom is 0.255 e. The monoisotopic (exact) mass is 358 g/mol. The maximum atomic E-state index is 12.6. The number of carbonyl (C=O) groups is 1. The summed E-state index contributed by atoms with van der Waals surface area (Å²) < 4.78 is 5.16. The fourth-order valence-corrected chi connectivity index (χ4v) is 3.22. The van der Waals surface area contributed by atoms with E-state index in [9.17, 15) is 9.59 Å². The Morgan fingerprint density at radius 2 is 1.81 bits per heavy atom. The highest BCUT2D eigenvalue weighted by molar-refractivity contribution is 6.07. The van der Waals surface area contributed by atoms with E-state index < -0.39 is 0 Å². The molecule has 0 bridgehead atoms. The molecule has 3 aromatic carbocycles. The predicted molar refractivity (Wildman–Crippen MR) is 107 cm³/mol. The molecule has 0 aliphatic rings. The molecule has 5 heteroatoms. The normalized spacial score (nSPS) is 11.0. The summed E-state index contributed by atoms with van der Waals surface area (Å²) in [7, 11) is 1.59. The van der Waals surface area contributed by atoms with Crippen molar-refractivity contribution >= 4 is 33.3 Å². The van der Waals surface area contributed by atoms with Crippen molar-refractivity contribution in [2.24, 2.45) is 0 Å². The molecular formula is C22H18N2O3. The molecule has 0 spiro atoms. The minimum Gasteiger partial charge on any atom is -0.380 e. The van der Waals surface area contributed by atoms with Crippen LogP contribution in [0, 0.1) is 0 Å². The van der Waals surface area contributed by atoms with E-state index in [0.717, 1.165) is 21.7 Å². The maximum absolute atomic E-state index is 12.6. The number of rotatable bonds is 4. The third-order valence-corrected chi connectivity index (χ3v) is 4.50. The number of H-pyrrole nitrogens is 1. The number of nitrogens with one attached hydrogen (secondary N) is 2. The molecule has 0 radical (unpaired) electrons. The van der Waals surface area contributed by atoms with E-state index in [1.54, 1.807) is 19.2 Å². The lowest BCUT2D eigenvalue weighted by Gasteiger charge is -2.09. The van der Waals surface area contributed by atoms with Crippen molar-refractivity contribution in [3.8, 4) is 0 Å². The first-order chi connectivity index (χ1) is 13.1. The van der Waals surface area contributed by atoms with Crippen LogP contribution in [0.1, 0.15) is 15.9 Å². The highest BCUT2D eigenvalue weighted by Crippen LogP contribution is 2.22. The quantitative estimate of drug-likeness (QED) is 0.577. The number of aromatic amines is 1. The van der Waals surface area contributed by atoms with Gasteiger partial charge in [-0.15, -0.1) is 0 Å². The first kappa shape index (κ1) is 17.0. The smallest absolute Gasteiger partial charge is 0.255 e. The summed E-state index contributed by atoms with van der Waals surface area (Å²) in [5, 5.41) is 5.88. The number of hydrogen-bond acceptors (Lipinski definition) is 3. The number of pyridine rings is 1. The van der Waals surface area contributed by atoms with E-state index in [-0.39, 0.29) is 11.5 Å². The molecule has 1 heterocycles. The summed E-state index contributed by atoms with van der Waals surface area (Å²) in [6, 6.07) is 20.5. The van der Waals surface area contributed by atoms with Gasteiger partial charge in [0.15, 0.2) is 0 Å². The fraction of sp³-hybridized carbons (Fsp3) is 0.0909. The minimum atomic E-state index is -0.201. The lowest BCUT2D eigenvalue weighted by molar-refractivity contribution is 0.102. The minimum absolute atomic E-state index is 0.199. The van der Waals surface area contributed by atoms with Gasteiger partial charge in [-0.2, -0.15) is 0 Å². The van der Waals surface area contributed by atoms with Crippen LogP contribution in [0.5, 0.6) is 0 Å². The number of aromatic nitrogens is 1. The average Bonchev–Trinajstić information content (AvgIpc) is 2.67. The van der Waals surface area contributed by atoms with Gasteiger partial charge in [0.1, 0.15) is 0 Å². The van der Waals surface area contributed by atoms with Crippen molar-refractivity contribution in [2.45, 2.75) is 6.61 Å². The third kappa shape index (κ3) is 3.45. The van der Waals surface area contributed by atoms with Gasteiger partial charge in [0, 0.05) is 29.8 Å². The van der Waals surface area contributed by atoms with Gasteiger partial charge in [-0.05, 0) is 40.6 Å². The average molecular weight is 358 g/mol. The van der Waals surface area contributed by atoms with E-state index in [4.69, 9.17) is 4.74 Å². The Balaban J connectivity index is 1.65. The number of amides is 1. The number of benzene rings is 3. The van der Waals surface area contributed by atoms with E-state index in [2.05, 4.69) is 10.3 Å². The summed E-state index contributed by atoms with van der Waals surface area (Å²) in [4.78, 5) is 27.3. The molecule has 0 fully saturated rings. The molecule has 0 aliphatic heterocycles. The number of ether oxygens (including phenoxy) is 1. The number of methoxy groups -OCH3 is 1. The Morgan fingerprint density at radius 1 is 1.00 bits per heavy atom. The first-order valence-electron chi connectivity index (χ1n) is 8.59. The second kappa shape index (κ2) is 7.05. The molecule has 2 N–H and O–H groups in total. The zero-order valence-corrected chi connectivity index (χ0v) is 14.8. The van der Waals surface area contributed by atoms with Gasteiger partial charge in [-0.25, -0.2) is 0 Å². The van der Waals surface area contributed by atoms with Crippen LogP contribution in [0.15, 0.2) is 71.5 Å². The summed E-state index contributed by atoms with van der Waals surface area (Å²) in [6.45, 7) is 0.350. The number of anilines is 1. The molecule has 1 amide bonds. The molecule has 0 aliphatic carbocycles. The molecule has 4 aromatic rings. The molecule has 5 nitrogen and oxygen atoms in total. The van der Waals surface area contributed by atoms with Crippen molar-refractivity contribution in [2.75, 3.05) is 12.4 Å². The Morgan fingerprint density at radius 3 is 2.63 bits per heavy atom. The Labute approximate surface area is 155 Å². The van der Waals surface area contributed by atoms with Crippen LogP contribution in [-0.4, -0.2) is 18.0 Å². The molecule has 27 heavy (non-hydrogen) atoms. The van der Waals surface area contributed by atoms with Crippen LogP contribution in [0.2, 0.25) is 0 Å². The van der Waals surface area contributed by atoms with Crippen molar-refractivity contribution in [3.63, 3.8) is 0 Å². The van der Waals surface area contributed by atoms with Gasteiger partial charge < -0.3 is 15.0 Å². The summed E-state index contributed by atoms with van der Waals surface area (Å²) in [5.41, 5.74) is 2.46. The standard InChI is InChI=1S/C22H18N2O3/c1-27-13-17-11-21(25)24-20-12-18(8-9-19(17)20)23-22(26)16-7-6-14-4-2-3-5-15(14)10-16/h2-12H,13H2,1H3,(H,23,26)(H,24,25). The van der Waals surface area contributed by atoms with Gasteiger partial charge >= 0.3 is 0 Å². The van der Waals surface area contributed by atoms with Gasteiger partial charge in [0.05, 0.1) is 12.1 Å². The molecule has 0 saturated heterocycles. The van der Waals surface area contributed by atoms with Crippen LogP contribution >= 0.6 is 0 Å². The van der Waals surface area contributed by atoms with Crippen molar-refractivity contribution in [1.29, 1.82) is 0 Å². The van der Waals surface area contributed by atoms with E-state index in [1.165, 1.54) is 6.07 Å². The lowest BCUT2D eigenvalue weighted by atomic mass is 10.1. The first-order valence-corrected chi connectivity index (χ1v) is 8.59. The largest absolute Gasteiger partial charge is 0.380 e. The zero-order valence-electron chi connectivity index (χ0n) is 14.8. The molecule has 1 aromatic heterocycles. The highest BCUT2D eigenvalue weighted by Gasteiger charge is 2.09. The van der Waals surface area contributed by atoms with Crippen molar-refractivity contribution in [3.05, 3.63) is 88.2 Å². The third-order valence-electron chi connectivity index (χ3n) is 4.50. The Kier molecular flexibility index (Phi) is 4.44. The molecular weight excluding hydrogens is 340 g/mol. The van der Waals surface area contributed by atoms with Crippen LogP contribution in [0.3, 0.4) is 0 Å². The van der Waals surface area contributed by atoms with Crippen LogP contribution in [0.25, 0.3) is 21.7 Å². The van der Waals surface area contributed by atoms with Gasteiger partial charge in [0.25, 0.3) is 5.91 Å². The van der Waals surface area contributed by atoms with Gasteiger partial charge in [0.2, 0.25) is 5.56 Å². The second-order valence-corrected chi connectivity index (χ2v) is 6.37. The molecule has 4 rings (SSSR count). The SMILES string of the molecule is COCc1cc(=O)[nH]c2cc(NC(=O)c3ccc4ccccc4c3)ccc12. The van der Waals surface area contributed by atoms with Crippen LogP contribution in [-0.2, 0) is 11.3 Å². The zero-order chi connectivity index (χ0) is 18.8. The lowest BCUT2D eigenvalue weighted by Crippen LogP contribution is -2.12. The summed E-state index contributed by atoms with van der Waals surface area (Å²) >= 11 is 0. The van der Waals surface area contributed by atoms with Crippen LogP contribution < -0.4 is 10.9 Å². The Hall–Kier alpha value is -3.44. The molecule has 0 saturated carbocycles. The molecule has 0 atom stereocenters. The second-order valence-electron chi connectivity index (χ2n) is 6.37. The van der Waals surface area contributed by atoms with E-state index in [0.29, 0.717) is 23.4 Å². The number of carbonyl (C=O) groups excluding carboxylic acids is 1. The van der Waals surface area contributed by atoms with Crippen molar-refractivity contribution in [1.82, 2.24) is 4.98 Å².